The minimum Gasteiger partial charge on any atom is -0.452 e. The molecule has 2 rings (SSSR count). The number of amides is 1. The van der Waals surface area contributed by atoms with E-state index in [4.69, 9.17) is 4.74 Å². The molecule has 1 N–H and O–H groups in total. The van der Waals surface area contributed by atoms with Crippen LogP contribution in [-0.4, -0.2) is 34.5 Å². The van der Waals surface area contributed by atoms with Crippen LogP contribution in [0.15, 0.2) is 29.2 Å². The van der Waals surface area contributed by atoms with Crippen molar-refractivity contribution in [1.29, 1.82) is 0 Å². The van der Waals surface area contributed by atoms with Crippen molar-refractivity contribution in [2.45, 2.75) is 56.4 Å². The van der Waals surface area contributed by atoms with Crippen molar-refractivity contribution in [2.24, 2.45) is 0 Å². The van der Waals surface area contributed by atoms with Gasteiger partial charge in [-0.2, -0.15) is 0 Å². The summed E-state index contributed by atoms with van der Waals surface area (Å²) in [6.45, 7) is 1.49. The summed E-state index contributed by atoms with van der Waals surface area (Å²) in [5.74, 6) is -0.459. The van der Waals surface area contributed by atoms with E-state index >= 15 is 0 Å². The molecule has 0 aromatic heterocycles. The lowest BCUT2D eigenvalue weighted by Crippen LogP contribution is -2.37. The maximum atomic E-state index is 12.2. The van der Waals surface area contributed by atoms with Gasteiger partial charge in [-0.05, 0) is 25.0 Å². The SMILES string of the molecule is CC[S@](=O)c1ccccc1C(=O)OCC(=O)NC1CCCCCC1. The molecule has 24 heavy (non-hydrogen) atoms. The summed E-state index contributed by atoms with van der Waals surface area (Å²) in [5, 5.41) is 2.94. The number of carbonyl (C=O) groups is 2. The Hall–Kier alpha value is -1.69. The molecule has 0 saturated heterocycles. The molecule has 1 aromatic carbocycles. The first kappa shape index (κ1) is 18.6. The van der Waals surface area contributed by atoms with Crippen molar-refractivity contribution in [3.05, 3.63) is 29.8 Å². The number of benzene rings is 1. The molecule has 1 saturated carbocycles. The van der Waals surface area contributed by atoms with Crippen LogP contribution < -0.4 is 5.32 Å². The van der Waals surface area contributed by atoms with Gasteiger partial charge < -0.3 is 10.1 Å². The van der Waals surface area contributed by atoms with Crippen LogP contribution in [0.25, 0.3) is 0 Å². The fourth-order valence-corrected chi connectivity index (χ4v) is 3.83. The molecule has 1 aromatic rings. The zero-order valence-corrected chi connectivity index (χ0v) is 14.9. The van der Waals surface area contributed by atoms with E-state index in [2.05, 4.69) is 5.32 Å². The highest BCUT2D eigenvalue weighted by atomic mass is 32.2. The van der Waals surface area contributed by atoms with Gasteiger partial charge in [0.2, 0.25) is 0 Å². The Morgan fingerprint density at radius 1 is 1.17 bits per heavy atom. The second-order valence-corrected chi connectivity index (χ2v) is 7.67. The fraction of sp³-hybridized carbons (Fsp3) is 0.556. The van der Waals surface area contributed by atoms with Gasteiger partial charge in [-0.25, -0.2) is 4.79 Å². The smallest absolute Gasteiger partial charge is 0.339 e. The largest absolute Gasteiger partial charge is 0.452 e. The molecule has 0 heterocycles. The van der Waals surface area contributed by atoms with Crippen molar-refractivity contribution < 1.29 is 18.5 Å². The Morgan fingerprint density at radius 2 is 1.83 bits per heavy atom. The van der Waals surface area contributed by atoms with Gasteiger partial charge in [0.1, 0.15) is 0 Å². The lowest BCUT2D eigenvalue weighted by atomic mass is 10.1. The van der Waals surface area contributed by atoms with Crippen LogP contribution in [0.3, 0.4) is 0 Å². The Bertz CT molecular complexity index is 594. The van der Waals surface area contributed by atoms with Crippen LogP contribution in [-0.2, 0) is 20.3 Å². The number of ether oxygens (including phenoxy) is 1. The third-order valence-corrected chi connectivity index (χ3v) is 5.54. The van der Waals surface area contributed by atoms with Gasteiger partial charge >= 0.3 is 5.97 Å². The Morgan fingerprint density at radius 3 is 2.50 bits per heavy atom. The predicted octanol–water partition coefficient (Wildman–Crippen LogP) is 2.81. The van der Waals surface area contributed by atoms with Crippen LogP contribution in [0.1, 0.15) is 55.8 Å². The molecule has 1 amide bonds. The van der Waals surface area contributed by atoms with Gasteiger partial charge in [-0.3, -0.25) is 9.00 Å². The zero-order chi connectivity index (χ0) is 17.4. The summed E-state index contributed by atoms with van der Waals surface area (Å²) in [6.07, 6.45) is 6.65. The zero-order valence-electron chi connectivity index (χ0n) is 14.1. The molecule has 1 aliphatic carbocycles. The first-order valence-electron chi connectivity index (χ1n) is 8.55. The number of hydrogen-bond acceptors (Lipinski definition) is 4. The van der Waals surface area contributed by atoms with Crippen LogP contribution in [0, 0.1) is 0 Å². The molecule has 132 valence electrons. The number of rotatable bonds is 6. The standard InChI is InChI=1S/C18H25NO4S/c1-2-24(22)16-12-8-7-11-15(16)18(21)23-13-17(20)19-14-9-5-3-4-6-10-14/h7-8,11-12,14H,2-6,9-10,13H2,1H3,(H,19,20)/t24-/m0/s1. The minimum absolute atomic E-state index is 0.179. The highest BCUT2D eigenvalue weighted by molar-refractivity contribution is 7.85. The maximum Gasteiger partial charge on any atom is 0.339 e. The lowest BCUT2D eigenvalue weighted by Gasteiger charge is -2.16. The molecule has 1 aliphatic rings. The Balaban J connectivity index is 1.88. The highest BCUT2D eigenvalue weighted by Gasteiger charge is 2.19. The van der Waals surface area contributed by atoms with Crippen LogP contribution in [0.5, 0.6) is 0 Å². The molecule has 0 aliphatic heterocycles. The molecule has 0 radical (unpaired) electrons. The molecular weight excluding hydrogens is 326 g/mol. The van der Waals surface area contributed by atoms with Crippen molar-refractivity contribution in [3.63, 3.8) is 0 Å². The summed E-state index contributed by atoms with van der Waals surface area (Å²) in [5.41, 5.74) is 0.264. The second-order valence-electron chi connectivity index (χ2n) is 5.96. The third kappa shape index (κ3) is 5.44. The van der Waals surface area contributed by atoms with E-state index in [1.807, 2.05) is 0 Å². The summed E-state index contributed by atoms with van der Waals surface area (Å²) in [4.78, 5) is 24.6. The number of esters is 1. The van der Waals surface area contributed by atoms with Gasteiger partial charge in [-0.15, -0.1) is 0 Å². The topological polar surface area (TPSA) is 72.5 Å². The van der Waals surface area contributed by atoms with Crippen LogP contribution >= 0.6 is 0 Å². The number of nitrogens with one attached hydrogen (secondary N) is 1. The summed E-state index contributed by atoms with van der Waals surface area (Å²) < 4.78 is 17.1. The molecule has 5 nitrogen and oxygen atoms in total. The lowest BCUT2D eigenvalue weighted by molar-refractivity contribution is -0.125. The van der Waals surface area contributed by atoms with Crippen LogP contribution in [0.4, 0.5) is 0 Å². The van der Waals surface area contributed by atoms with Crippen molar-refractivity contribution in [1.82, 2.24) is 5.32 Å². The normalized spacial score (nSPS) is 16.9. The van der Waals surface area contributed by atoms with E-state index in [0.717, 1.165) is 25.7 Å². The van der Waals surface area contributed by atoms with E-state index < -0.39 is 16.8 Å². The first-order chi connectivity index (χ1) is 11.6. The average Bonchev–Trinajstić information content (AvgIpc) is 2.87. The first-order valence-corrected chi connectivity index (χ1v) is 9.87. The number of hydrogen-bond donors (Lipinski definition) is 1. The third-order valence-electron chi connectivity index (χ3n) is 4.17. The van der Waals surface area contributed by atoms with Crippen molar-refractivity contribution in [3.8, 4) is 0 Å². The molecular formula is C18H25NO4S. The quantitative estimate of drug-likeness (QED) is 0.632. The van der Waals surface area contributed by atoms with E-state index in [0.29, 0.717) is 10.6 Å². The summed E-state index contributed by atoms with van der Waals surface area (Å²) in [7, 11) is -1.25. The fourth-order valence-electron chi connectivity index (χ4n) is 2.89. The summed E-state index contributed by atoms with van der Waals surface area (Å²) in [6, 6.07) is 6.84. The van der Waals surface area contributed by atoms with E-state index in [-0.39, 0.29) is 24.1 Å². The monoisotopic (exact) mass is 351 g/mol. The van der Waals surface area contributed by atoms with E-state index in [1.165, 1.54) is 12.8 Å². The van der Waals surface area contributed by atoms with Crippen molar-refractivity contribution in [2.75, 3.05) is 12.4 Å². The molecule has 1 atom stereocenters. The molecule has 0 spiro atoms. The van der Waals surface area contributed by atoms with Gasteiger partial charge in [-0.1, -0.05) is 44.7 Å². The van der Waals surface area contributed by atoms with Crippen molar-refractivity contribution >= 4 is 22.7 Å². The second kappa shape index (κ2) is 9.57. The van der Waals surface area contributed by atoms with Crippen LogP contribution in [0.2, 0.25) is 0 Å². The molecule has 1 fully saturated rings. The highest BCUT2D eigenvalue weighted by Crippen LogP contribution is 2.17. The van der Waals surface area contributed by atoms with Gasteiger partial charge in [0.05, 0.1) is 21.3 Å². The van der Waals surface area contributed by atoms with E-state index in [1.54, 1.807) is 31.2 Å². The van der Waals surface area contributed by atoms with E-state index in [9.17, 15) is 13.8 Å². The Labute approximate surface area is 145 Å². The predicted molar refractivity (Wildman–Crippen MR) is 93.3 cm³/mol. The maximum absolute atomic E-state index is 12.2. The molecule has 0 bridgehead atoms. The molecule has 0 unspecified atom stereocenters. The Kier molecular flexibility index (Phi) is 7.43. The minimum atomic E-state index is -1.25. The van der Waals surface area contributed by atoms with Gasteiger partial charge in [0.15, 0.2) is 6.61 Å². The summed E-state index contributed by atoms with van der Waals surface area (Å²) >= 11 is 0. The number of carbonyl (C=O) groups excluding carboxylic acids is 2. The van der Waals surface area contributed by atoms with Gasteiger partial charge in [0.25, 0.3) is 5.91 Å². The molecule has 6 heteroatoms. The van der Waals surface area contributed by atoms with Gasteiger partial charge in [0, 0.05) is 11.8 Å². The average molecular weight is 351 g/mol.